The molecule has 0 aliphatic carbocycles. The summed E-state index contributed by atoms with van der Waals surface area (Å²) >= 11 is 0. The van der Waals surface area contributed by atoms with E-state index in [0.29, 0.717) is 0 Å². The summed E-state index contributed by atoms with van der Waals surface area (Å²) in [4.78, 5) is 12.7. The number of anilines is 2. The lowest BCUT2D eigenvalue weighted by Crippen LogP contribution is -2.11. The van der Waals surface area contributed by atoms with Gasteiger partial charge in [0.25, 0.3) is 0 Å². The largest absolute Gasteiger partial charge is 0.373 e. The van der Waals surface area contributed by atoms with Crippen LogP contribution < -0.4 is 10.6 Å². The van der Waals surface area contributed by atoms with E-state index in [0.717, 1.165) is 22.9 Å². The number of rotatable bonds is 4. The van der Waals surface area contributed by atoms with Crippen LogP contribution in [0, 0.1) is 6.92 Å². The highest BCUT2D eigenvalue weighted by Gasteiger charge is 2.10. The Kier molecular flexibility index (Phi) is 3.72. The van der Waals surface area contributed by atoms with E-state index in [4.69, 9.17) is 0 Å². The summed E-state index contributed by atoms with van der Waals surface area (Å²) in [5, 5.41) is 6.39. The Labute approximate surface area is 107 Å². The second kappa shape index (κ2) is 5.44. The lowest BCUT2D eigenvalue weighted by atomic mass is 10.2. The minimum absolute atomic E-state index is 0.101. The lowest BCUT2D eigenvalue weighted by molar-refractivity contribution is 0.828. The number of hydrogen-bond acceptors (Lipinski definition) is 5. The molecular formula is C13H17N5. The van der Waals surface area contributed by atoms with Gasteiger partial charge in [-0.1, -0.05) is 6.07 Å². The van der Waals surface area contributed by atoms with Gasteiger partial charge in [-0.05, 0) is 26.0 Å². The van der Waals surface area contributed by atoms with Crippen LogP contribution in [0.25, 0.3) is 0 Å². The van der Waals surface area contributed by atoms with Gasteiger partial charge in [-0.2, -0.15) is 0 Å². The minimum Gasteiger partial charge on any atom is -0.373 e. The third kappa shape index (κ3) is 2.56. The maximum atomic E-state index is 4.33. The van der Waals surface area contributed by atoms with E-state index in [1.54, 1.807) is 12.5 Å². The monoisotopic (exact) mass is 243 g/mol. The zero-order chi connectivity index (χ0) is 13.0. The van der Waals surface area contributed by atoms with Crippen molar-refractivity contribution >= 4 is 11.6 Å². The van der Waals surface area contributed by atoms with Crippen LogP contribution in [-0.2, 0) is 0 Å². The molecule has 0 fully saturated rings. The molecule has 0 amide bonds. The first-order chi connectivity index (χ1) is 8.72. The van der Waals surface area contributed by atoms with Crippen molar-refractivity contribution in [2.75, 3.05) is 17.7 Å². The average Bonchev–Trinajstić information content (AvgIpc) is 2.42. The van der Waals surface area contributed by atoms with Crippen molar-refractivity contribution in [1.29, 1.82) is 0 Å². The lowest BCUT2D eigenvalue weighted by Gasteiger charge is -2.16. The number of nitrogens with zero attached hydrogens (tertiary/aromatic N) is 3. The molecular weight excluding hydrogens is 226 g/mol. The molecule has 1 atom stereocenters. The summed E-state index contributed by atoms with van der Waals surface area (Å²) in [6.07, 6.45) is 3.34. The fraction of sp³-hybridized carbons (Fsp3) is 0.308. The van der Waals surface area contributed by atoms with Crippen molar-refractivity contribution in [2.45, 2.75) is 19.9 Å². The predicted molar refractivity (Wildman–Crippen MR) is 72.6 cm³/mol. The highest BCUT2D eigenvalue weighted by atomic mass is 15.1. The van der Waals surface area contributed by atoms with Crippen LogP contribution in [0.1, 0.15) is 24.2 Å². The van der Waals surface area contributed by atoms with Gasteiger partial charge in [0.15, 0.2) is 0 Å². The molecule has 2 rings (SSSR count). The van der Waals surface area contributed by atoms with Gasteiger partial charge in [-0.3, -0.25) is 4.98 Å². The molecule has 0 bridgehead atoms. The maximum Gasteiger partial charge on any atom is 0.134 e. The summed E-state index contributed by atoms with van der Waals surface area (Å²) in [5.41, 5.74) is 1.99. The number of hydrogen-bond donors (Lipinski definition) is 2. The molecule has 2 heterocycles. The summed E-state index contributed by atoms with van der Waals surface area (Å²) in [5.74, 6) is 1.66. The Balaban J connectivity index is 2.19. The van der Waals surface area contributed by atoms with Crippen LogP contribution >= 0.6 is 0 Å². The Hall–Kier alpha value is -2.17. The van der Waals surface area contributed by atoms with Crippen molar-refractivity contribution in [2.24, 2.45) is 0 Å². The quantitative estimate of drug-likeness (QED) is 0.863. The Bertz CT molecular complexity index is 512. The number of pyridine rings is 1. The van der Waals surface area contributed by atoms with Crippen LogP contribution in [0.15, 0.2) is 30.7 Å². The van der Waals surface area contributed by atoms with E-state index in [1.165, 1.54) is 0 Å². The van der Waals surface area contributed by atoms with Gasteiger partial charge in [-0.15, -0.1) is 0 Å². The van der Waals surface area contributed by atoms with Crippen LogP contribution in [0.5, 0.6) is 0 Å². The fourth-order valence-electron chi connectivity index (χ4n) is 1.76. The van der Waals surface area contributed by atoms with Gasteiger partial charge in [0.2, 0.25) is 0 Å². The zero-order valence-electron chi connectivity index (χ0n) is 10.8. The smallest absolute Gasteiger partial charge is 0.134 e. The topological polar surface area (TPSA) is 62.7 Å². The van der Waals surface area contributed by atoms with Crippen molar-refractivity contribution in [3.8, 4) is 0 Å². The average molecular weight is 243 g/mol. The molecule has 5 nitrogen and oxygen atoms in total. The van der Waals surface area contributed by atoms with Crippen LogP contribution in [0.3, 0.4) is 0 Å². The van der Waals surface area contributed by atoms with Gasteiger partial charge in [0, 0.05) is 18.8 Å². The van der Waals surface area contributed by atoms with Crippen LogP contribution in [0.4, 0.5) is 11.6 Å². The molecule has 0 aromatic carbocycles. The highest BCUT2D eigenvalue weighted by molar-refractivity contribution is 5.56. The summed E-state index contributed by atoms with van der Waals surface area (Å²) < 4.78 is 0. The second-order valence-corrected chi connectivity index (χ2v) is 4.07. The van der Waals surface area contributed by atoms with Crippen molar-refractivity contribution in [3.05, 3.63) is 42.0 Å². The standard InChI is InChI=1S/C13H17N5/c1-9-12(14-3)16-8-17-13(9)18-10(2)11-6-4-5-7-15-11/h4-8,10H,1-3H3,(H2,14,16,17,18). The molecule has 1 unspecified atom stereocenters. The molecule has 2 N–H and O–H groups in total. The van der Waals surface area contributed by atoms with Gasteiger partial charge in [0.1, 0.15) is 18.0 Å². The van der Waals surface area contributed by atoms with Crippen molar-refractivity contribution in [3.63, 3.8) is 0 Å². The predicted octanol–water partition coefficient (Wildman–Crippen LogP) is 2.39. The summed E-state index contributed by atoms with van der Waals surface area (Å²) in [6.45, 7) is 4.04. The molecule has 2 aromatic rings. The van der Waals surface area contributed by atoms with E-state index >= 15 is 0 Å². The van der Waals surface area contributed by atoms with Crippen molar-refractivity contribution < 1.29 is 0 Å². The van der Waals surface area contributed by atoms with Crippen molar-refractivity contribution in [1.82, 2.24) is 15.0 Å². The summed E-state index contributed by atoms with van der Waals surface area (Å²) in [6, 6.07) is 5.98. The zero-order valence-corrected chi connectivity index (χ0v) is 10.8. The Morgan fingerprint density at radius 1 is 1.11 bits per heavy atom. The molecule has 18 heavy (non-hydrogen) atoms. The minimum atomic E-state index is 0.101. The van der Waals surface area contributed by atoms with Crippen LogP contribution in [-0.4, -0.2) is 22.0 Å². The Morgan fingerprint density at radius 3 is 2.56 bits per heavy atom. The first kappa shape index (κ1) is 12.3. The second-order valence-electron chi connectivity index (χ2n) is 4.07. The van der Waals surface area contributed by atoms with Gasteiger partial charge in [0.05, 0.1) is 11.7 Å². The summed E-state index contributed by atoms with van der Waals surface area (Å²) in [7, 11) is 1.85. The number of aromatic nitrogens is 3. The van der Waals surface area contributed by atoms with E-state index in [1.807, 2.05) is 32.2 Å². The first-order valence-corrected chi connectivity index (χ1v) is 5.89. The molecule has 94 valence electrons. The van der Waals surface area contributed by atoms with E-state index in [-0.39, 0.29) is 6.04 Å². The van der Waals surface area contributed by atoms with E-state index in [9.17, 15) is 0 Å². The molecule has 0 aliphatic heterocycles. The van der Waals surface area contributed by atoms with E-state index in [2.05, 4.69) is 32.5 Å². The van der Waals surface area contributed by atoms with Crippen LogP contribution in [0.2, 0.25) is 0 Å². The third-order valence-electron chi connectivity index (χ3n) is 2.81. The maximum absolute atomic E-state index is 4.33. The normalized spacial score (nSPS) is 11.9. The molecule has 0 aliphatic rings. The highest BCUT2D eigenvalue weighted by Crippen LogP contribution is 2.22. The van der Waals surface area contributed by atoms with Gasteiger partial charge in [-0.25, -0.2) is 9.97 Å². The molecule has 0 spiro atoms. The molecule has 0 radical (unpaired) electrons. The van der Waals surface area contributed by atoms with Gasteiger partial charge >= 0.3 is 0 Å². The molecule has 2 aromatic heterocycles. The Morgan fingerprint density at radius 2 is 1.89 bits per heavy atom. The number of nitrogens with one attached hydrogen (secondary N) is 2. The SMILES string of the molecule is CNc1ncnc(NC(C)c2ccccn2)c1C. The molecule has 0 saturated carbocycles. The van der Waals surface area contributed by atoms with E-state index < -0.39 is 0 Å². The fourth-order valence-corrected chi connectivity index (χ4v) is 1.76. The molecule has 0 saturated heterocycles. The molecule has 5 heteroatoms. The third-order valence-corrected chi connectivity index (χ3v) is 2.81. The first-order valence-electron chi connectivity index (χ1n) is 5.89. The van der Waals surface area contributed by atoms with Gasteiger partial charge < -0.3 is 10.6 Å².